The number of hydrogen-bond donors (Lipinski definition) is 0. The SMILES string of the molecule is O=C(Cc1cccnc1)N1CCN(Cc2ccccc2)CC1. The summed E-state index contributed by atoms with van der Waals surface area (Å²) in [7, 11) is 0. The van der Waals surface area contributed by atoms with Gasteiger partial charge in [0.1, 0.15) is 0 Å². The minimum Gasteiger partial charge on any atom is -0.340 e. The summed E-state index contributed by atoms with van der Waals surface area (Å²) in [6, 6.07) is 14.3. The first kappa shape index (κ1) is 14.7. The van der Waals surface area contributed by atoms with Crippen LogP contribution in [0.2, 0.25) is 0 Å². The Morgan fingerprint density at radius 1 is 0.955 bits per heavy atom. The molecule has 0 unspecified atom stereocenters. The summed E-state index contributed by atoms with van der Waals surface area (Å²) in [5.74, 6) is 0.201. The summed E-state index contributed by atoms with van der Waals surface area (Å²) in [5.41, 5.74) is 2.32. The first-order valence-electron chi connectivity index (χ1n) is 7.74. The molecular weight excluding hydrogens is 274 g/mol. The predicted molar refractivity (Wildman–Crippen MR) is 86.2 cm³/mol. The van der Waals surface area contributed by atoms with E-state index >= 15 is 0 Å². The van der Waals surface area contributed by atoms with Gasteiger partial charge in [-0.2, -0.15) is 0 Å². The van der Waals surface area contributed by atoms with E-state index in [0.29, 0.717) is 6.42 Å². The van der Waals surface area contributed by atoms with Crippen LogP contribution < -0.4 is 0 Å². The van der Waals surface area contributed by atoms with Crippen molar-refractivity contribution in [3.63, 3.8) is 0 Å². The Labute approximate surface area is 131 Å². The molecule has 0 N–H and O–H groups in total. The van der Waals surface area contributed by atoms with Gasteiger partial charge in [0.15, 0.2) is 0 Å². The molecule has 0 bridgehead atoms. The van der Waals surface area contributed by atoms with E-state index in [1.54, 1.807) is 12.4 Å². The van der Waals surface area contributed by atoms with E-state index in [1.807, 2.05) is 23.1 Å². The highest BCUT2D eigenvalue weighted by Crippen LogP contribution is 2.10. The number of carbonyl (C=O) groups excluding carboxylic acids is 1. The maximum absolute atomic E-state index is 12.3. The van der Waals surface area contributed by atoms with Gasteiger partial charge in [-0.15, -0.1) is 0 Å². The molecule has 0 spiro atoms. The van der Waals surface area contributed by atoms with Crippen LogP contribution in [0.15, 0.2) is 54.9 Å². The second-order valence-corrected chi connectivity index (χ2v) is 5.68. The molecule has 1 saturated heterocycles. The number of aromatic nitrogens is 1. The molecule has 0 aliphatic carbocycles. The zero-order chi connectivity index (χ0) is 15.2. The molecule has 0 radical (unpaired) electrons. The third-order valence-corrected chi connectivity index (χ3v) is 4.05. The van der Waals surface area contributed by atoms with Crippen LogP contribution >= 0.6 is 0 Å². The van der Waals surface area contributed by atoms with Crippen molar-refractivity contribution in [2.75, 3.05) is 26.2 Å². The Balaban J connectivity index is 1.48. The fraction of sp³-hybridized carbons (Fsp3) is 0.333. The molecule has 1 aliphatic rings. The molecule has 0 atom stereocenters. The van der Waals surface area contributed by atoms with E-state index in [-0.39, 0.29) is 5.91 Å². The van der Waals surface area contributed by atoms with Crippen LogP contribution in [0.1, 0.15) is 11.1 Å². The van der Waals surface area contributed by atoms with E-state index in [1.165, 1.54) is 5.56 Å². The van der Waals surface area contributed by atoms with Crippen LogP contribution in [0.3, 0.4) is 0 Å². The normalized spacial score (nSPS) is 15.7. The van der Waals surface area contributed by atoms with E-state index < -0.39 is 0 Å². The van der Waals surface area contributed by atoms with Crippen LogP contribution in [0.4, 0.5) is 0 Å². The Morgan fingerprint density at radius 3 is 2.36 bits per heavy atom. The third kappa shape index (κ3) is 3.92. The molecular formula is C18H21N3O. The number of benzene rings is 1. The molecule has 1 aromatic heterocycles. The molecule has 1 aliphatic heterocycles. The highest BCUT2D eigenvalue weighted by Gasteiger charge is 2.21. The van der Waals surface area contributed by atoms with Gasteiger partial charge >= 0.3 is 0 Å². The quantitative estimate of drug-likeness (QED) is 0.865. The second-order valence-electron chi connectivity index (χ2n) is 5.68. The summed E-state index contributed by atoms with van der Waals surface area (Å²) >= 11 is 0. The van der Waals surface area contributed by atoms with Gasteiger partial charge in [-0.05, 0) is 17.2 Å². The number of piperazine rings is 1. The van der Waals surface area contributed by atoms with Gasteiger partial charge in [-0.25, -0.2) is 0 Å². The summed E-state index contributed by atoms with van der Waals surface area (Å²) in [6.07, 6.45) is 3.95. The third-order valence-electron chi connectivity index (χ3n) is 4.05. The second kappa shape index (κ2) is 7.18. The lowest BCUT2D eigenvalue weighted by Gasteiger charge is -2.34. The number of hydrogen-bond acceptors (Lipinski definition) is 3. The molecule has 1 aromatic carbocycles. The molecule has 4 heteroatoms. The predicted octanol–water partition coefficient (Wildman–Crippen LogP) is 1.97. The maximum atomic E-state index is 12.3. The van der Waals surface area contributed by atoms with Crippen LogP contribution in [0.25, 0.3) is 0 Å². The molecule has 1 fully saturated rings. The van der Waals surface area contributed by atoms with Crippen molar-refractivity contribution in [2.45, 2.75) is 13.0 Å². The molecule has 1 amide bonds. The van der Waals surface area contributed by atoms with Crippen molar-refractivity contribution in [2.24, 2.45) is 0 Å². The van der Waals surface area contributed by atoms with Crippen molar-refractivity contribution in [3.8, 4) is 0 Å². The summed E-state index contributed by atoms with van der Waals surface area (Å²) in [4.78, 5) is 20.7. The van der Waals surface area contributed by atoms with Gasteiger partial charge < -0.3 is 4.90 Å². The number of amides is 1. The topological polar surface area (TPSA) is 36.4 Å². The average molecular weight is 295 g/mol. The number of rotatable bonds is 4. The van der Waals surface area contributed by atoms with Crippen molar-refractivity contribution < 1.29 is 4.79 Å². The van der Waals surface area contributed by atoms with Gasteiger partial charge in [0.2, 0.25) is 5.91 Å². The van der Waals surface area contributed by atoms with Crippen molar-refractivity contribution in [3.05, 3.63) is 66.0 Å². The van der Waals surface area contributed by atoms with Gasteiger partial charge in [0.05, 0.1) is 6.42 Å². The first-order chi connectivity index (χ1) is 10.8. The summed E-state index contributed by atoms with van der Waals surface area (Å²) in [6.45, 7) is 4.46. The first-order valence-corrected chi connectivity index (χ1v) is 7.74. The van der Waals surface area contributed by atoms with Gasteiger partial charge in [0.25, 0.3) is 0 Å². The highest BCUT2D eigenvalue weighted by atomic mass is 16.2. The number of nitrogens with zero attached hydrogens (tertiary/aromatic N) is 3. The smallest absolute Gasteiger partial charge is 0.227 e. The van der Waals surface area contributed by atoms with Crippen molar-refractivity contribution in [1.82, 2.24) is 14.8 Å². The summed E-state index contributed by atoms with van der Waals surface area (Å²) < 4.78 is 0. The minimum atomic E-state index is 0.201. The zero-order valence-corrected chi connectivity index (χ0v) is 12.7. The largest absolute Gasteiger partial charge is 0.340 e. The molecule has 22 heavy (non-hydrogen) atoms. The van der Waals surface area contributed by atoms with E-state index in [0.717, 1.165) is 38.3 Å². The molecule has 2 heterocycles. The maximum Gasteiger partial charge on any atom is 0.227 e. The van der Waals surface area contributed by atoms with E-state index in [2.05, 4.69) is 34.1 Å². The van der Waals surface area contributed by atoms with Crippen LogP contribution in [0, 0.1) is 0 Å². The van der Waals surface area contributed by atoms with Crippen molar-refractivity contribution in [1.29, 1.82) is 0 Å². The van der Waals surface area contributed by atoms with E-state index in [4.69, 9.17) is 0 Å². The molecule has 114 valence electrons. The minimum absolute atomic E-state index is 0.201. The van der Waals surface area contributed by atoms with Crippen molar-refractivity contribution >= 4 is 5.91 Å². The molecule has 0 saturated carbocycles. The highest BCUT2D eigenvalue weighted by molar-refractivity contribution is 5.78. The average Bonchev–Trinajstić information content (AvgIpc) is 2.57. The van der Waals surface area contributed by atoms with Crippen LogP contribution in [0.5, 0.6) is 0 Å². The standard InChI is InChI=1S/C18H21N3O/c22-18(13-17-7-4-8-19-14-17)21-11-9-20(10-12-21)15-16-5-2-1-3-6-16/h1-8,14H,9-13,15H2. The fourth-order valence-electron chi connectivity index (χ4n) is 2.79. The van der Waals surface area contributed by atoms with Crippen LogP contribution in [-0.4, -0.2) is 46.9 Å². The Morgan fingerprint density at radius 2 is 1.68 bits per heavy atom. The zero-order valence-electron chi connectivity index (χ0n) is 12.7. The molecule has 2 aromatic rings. The number of carbonyl (C=O) groups is 1. The lowest BCUT2D eigenvalue weighted by molar-refractivity contribution is -0.132. The van der Waals surface area contributed by atoms with Crippen LogP contribution in [-0.2, 0) is 17.8 Å². The molecule has 3 rings (SSSR count). The lowest BCUT2D eigenvalue weighted by Crippen LogP contribution is -2.48. The Bertz CT molecular complexity index is 592. The number of pyridine rings is 1. The summed E-state index contributed by atoms with van der Waals surface area (Å²) in [5, 5.41) is 0. The van der Waals surface area contributed by atoms with Gasteiger partial charge in [0, 0.05) is 45.1 Å². The van der Waals surface area contributed by atoms with Gasteiger partial charge in [-0.3, -0.25) is 14.7 Å². The van der Waals surface area contributed by atoms with E-state index in [9.17, 15) is 4.79 Å². The Hall–Kier alpha value is -2.20. The van der Waals surface area contributed by atoms with Gasteiger partial charge in [-0.1, -0.05) is 36.4 Å². The Kier molecular flexibility index (Phi) is 4.81. The monoisotopic (exact) mass is 295 g/mol. The fourth-order valence-corrected chi connectivity index (χ4v) is 2.79. The lowest BCUT2D eigenvalue weighted by atomic mass is 10.1. The molecule has 4 nitrogen and oxygen atoms in total.